The molecular weight excluding hydrogens is 258 g/mol. The van der Waals surface area contributed by atoms with Gasteiger partial charge in [0.25, 0.3) is 0 Å². The third-order valence-corrected chi connectivity index (χ3v) is 3.33. The summed E-state index contributed by atoms with van der Waals surface area (Å²) in [6.45, 7) is 2.72. The number of nitrogens with two attached hydrogens (primary N) is 1. The highest BCUT2D eigenvalue weighted by Gasteiger charge is 2.03. The van der Waals surface area contributed by atoms with E-state index in [0.29, 0.717) is 6.54 Å². The molecule has 0 spiro atoms. The van der Waals surface area contributed by atoms with Crippen molar-refractivity contribution in [1.29, 1.82) is 0 Å². The monoisotopic (exact) mass is 275 g/mol. The van der Waals surface area contributed by atoms with Crippen molar-refractivity contribution in [3.63, 3.8) is 0 Å². The van der Waals surface area contributed by atoms with Crippen LogP contribution >= 0.6 is 11.6 Å². The Labute approximate surface area is 119 Å². The SMILES string of the molecule is CCc1cc(Oc2cccc(CCN)c2)ccc1Cl. The lowest BCUT2D eigenvalue weighted by Crippen LogP contribution is -2.02. The highest BCUT2D eigenvalue weighted by atomic mass is 35.5. The predicted octanol–water partition coefficient (Wildman–Crippen LogP) is 4.20. The predicted molar refractivity (Wildman–Crippen MR) is 80.1 cm³/mol. The molecule has 0 fully saturated rings. The van der Waals surface area contributed by atoms with Crippen LogP contribution in [0.25, 0.3) is 0 Å². The molecule has 2 rings (SSSR count). The van der Waals surface area contributed by atoms with E-state index in [1.807, 2.05) is 36.4 Å². The van der Waals surface area contributed by atoms with Gasteiger partial charge in [-0.3, -0.25) is 0 Å². The molecule has 0 unspecified atom stereocenters. The second kappa shape index (κ2) is 6.60. The van der Waals surface area contributed by atoms with E-state index >= 15 is 0 Å². The molecule has 0 saturated carbocycles. The van der Waals surface area contributed by atoms with Crippen molar-refractivity contribution in [3.8, 4) is 11.5 Å². The van der Waals surface area contributed by atoms with E-state index in [0.717, 1.165) is 34.9 Å². The molecule has 2 aromatic rings. The Hall–Kier alpha value is -1.51. The van der Waals surface area contributed by atoms with Gasteiger partial charge >= 0.3 is 0 Å². The van der Waals surface area contributed by atoms with Crippen LogP contribution in [0.5, 0.6) is 11.5 Å². The van der Waals surface area contributed by atoms with Crippen LogP contribution in [0.1, 0.15) is 18.1 Å². The molecule has 0 saturated heterocycles. The summed E-state index contributed by atoms with van der Waals surface area (Å²) in [6, 6.07) is 13.7. The van der Waals surface area contributed by atoms with Gasteiger partial charge in [0.15, 0.2) is 0 Å². The molecule has 0 amide bonds. The van der Waals surface area contributed by atoms with E-state index in [4.69, 9.17) is 22.1 Å². The number of ether oxygens (including phenoxy) is 1. The lowest BCUT2D eigenvalue weighted by atomic mass is 10.1. The third-order valence-electron chi connectivity index (χ3n) is 2.97. The maximum atomic E-state index is 6.10. The van der Waals surface area contributed by atoms with Gasteiger partial charge in [0, 0.05) is 5.02 Å². The first-order valence-electron chi connectivity index (χ1n) is 6.48. The fourth-order valence-electron chi connectivity index (χ4n) is 1.95. The summed E-state index contributed by atoms with van der Waals surface area (Å²) in [4.78, 5) is 0. The fraction of sp³-hybridized carbons (Fsp3) is 0.250. The highest BCUT2D eigenvalue weighted by molar-refractivity contribution is 6.31. The van der Waals surface area contributed by atoms with Gasteiger partial charge < -0.3 is 10.5 Å². The average Bonchev–Trinajstić information content (AvgIpc) is 2.42. The van der Waals surface area contributed by atoms with Gasteiger partial charge in [0.05, 0.1) is 0 Å². The quantitative estimate of drug-likeness (QED) is 0.888. The lowest BCUT2D eigenvalue weighted by Gasteiger charge is -2.09. The van der Waals surface area contributed by atoms with Gasteiger partial charge in [0.1, 0.15) is 11.5 Å². The zero-order valence-corrected chi connectivity index (χ0v) is 11.8. The van der Waals surface area contributed by atoms with E-state index in [9.17, 15) is 0 Å². The van der Waals surface area contributed by atoms with E-state index in [1.54, 1.807) is 0 Å². The van der Waals surface area contributed by atoms with Gasteiger partial charge in [0.2, 0.25) is 0 Å². The summed E-state index contributed by atoms with van der Waals surface area (Å²) in [5.41, 5.74) is 7.84. The van der Waals surface area contributed by atoms with Crippen molar-refractivity contribution in [2.75, 3.05) is 6.54 Å². The van der Waals surface area contributed by atoms with Crippen LogP contribution in [0.2, 0.25) is 5.02 Å². The average molecular weight is 276 g/mol. The summed E-state index contributed by atoms with van der Waals surface area (Å²) in [6.07, 6.45) is 1.75. The first-order chi connectivity index (χ1) is 9.22. The van der Waals surface area contributed by atoms with E-state index < -0.39 is 0 Å². The smallest absolute Gasteiger partial charge is 0.127 e. The molecular formula is C16H18ClNO. The van der Waals surface area contributed by atoms with Crippen molar-refractivity contribution in [2.24, 2.45) is 5.73 Å². The van der Waals surface area contributed by atoms with Crippen LogP contribution < -0.4 is 10.5 Å². The standard InChI is InChI=1S/C16H18ClNO/c1-2-13-11-15(6-7-16(13)17)19-14-5-3-4-12(10-14)8-9-18/h3-7,10-11H,2,8-9,18H2,1H3. The minimum Gasteiger partial charge on any atom is -0.457 e. The zero-order valence-electron chi connectivity index (χ0n) is 11.0. The van der Waals surface area contributed by atoms with E-state index in [1.165, 1.54) is 5.56 Å². The molecule has 0 aromatic heterocycles. The Kier molecular flexibility index (Phi) is 4.83. The molecule has 0 aliphatic carbocycles. The molecule has 0 radical (unpaired) electrons. The van der Waals surface area contributed by atoms with Crippen molar-refractivity contribution in [3.05, 3.63) is 58.6 Å². The number of halogens is 1. The van der Waals surface area contributed by atoms with Gasteiger partial charge in [-0.15, -0.1) is 0 Å². The van der Waals surface area contributed by atoms with Crippen molar-refractivity contribution < 1.29 is 4.74 Å². The van der Waals surface area contributed by atoms with Crippen LogP contribution in [-0.4, -0.2) is 6.54 Å². The van der Waals surface area contributed by atoms with Crippen molar-refractivity contribution >= 4 is 11.6 Å². The maximum absolute atomic E-state index is 6.10. The molecule has 0 heterocycles. The van der Waals surface area contributed by atoms with Gasteiger partial charge in [-0.1, -0.05) is 30.7 Å². The second-order valence-corrected chi connectivity index (χ2v) is 4.80. The molecule has 2 nitrogen and oxygen atoms in total. The lowest BCUT2D eigenvalue weighted by molar-refractivity contribution is 0.481. The van der Waals surface area contributed by atoms with Crippen LogP contribution in [0.15, 0.2) is 42.5 Å². The van der Waals surface area contributed by atoms with Crippen LogP contribution in [0, 0.1) is 0 Å². The Balaban J connectivity index is 2.18. The fourth-order valence-corrected chi connectivity index (χ4v) is 2.20. The summed E-state index contributed by atoms with van der Waals surface area (Å²) in [5.74, 6) is 1.64. The third kappa shape index (κ3) is 3.72. The second-order valence-electron chi connectivity index (χ2n) is 4.39. The molecule has 19 heavy (non-hydrogen) atoms. The summed E-state index contributed by atoms with van der Waals surface area (Å²) < 4.78 is 5.86. The molecule has 100 valence electrons. The van der Waals surface area contributed by atoms with Crippen LogP contribution in [-0.2, 0) is 12.8 Å². The normalized spacial score (nSPS) is 10.5. The van der Waals surface area contributed by atoms with Crippen LogP contribution in [0.3, 0.4) is 0 Å². The Morgan fingerprint density at radius 1 is 1.11 bits per heavy atom. The Bertz CT molecular complexity index is 554. The molecule has 2 N–H and O–H groups in total. The molecule has 0 bridgehead atoms. The molecule has 0 atom stereocenters. The topological polar surface area (TPSA) is 35.2 Å². The van der Waals surface area contributed by atoms with Crippen molar-refractivity contribution in [1.82, 2.24) is 0 Å². The number of benzene rings is 2. The number of hydrogen-bond donors (Lipinski definition) is 1. The number of rotatable bonds is 5. The molecule has 2 aromatic carbocycles. The minimum atomic E-state index is 0.643. The molecule has 0 aliphatic heterocycles. The van der Waals surface area contributed by atoms with Gasteiger partial charge in [-0.25, -0.2) is 0 Å². The summed E-state index contributed by atoms with van der Waals surface area (Å²) >= 11 is 6.10. The van der Waals surface area contributed by atoms with E-state index in [-0.39, 0.29) is 0 Å². The summed E-state index contributed by atoms with van der Waals surface area (Å²) in [5, 5.41) is 0.784. The van der Waals surface area contributed by atoms with Crippen molar-refractivity contribution in [2.45, 2.75) is 19.8 Å². The molecule has 0 aliphatic rings. The van der Waals surface area contributed by atoms with E-state index in [2.05, 4.69) is 13.0 Å². The van der Waals surface area contributed by atoms with Gasteiger partial charge in [-0.05, 0) is 60.8 Å². The zero-order chi connectivity index (χ0) is 13.7. The Morgan fingerprint density at radius 2 is 1.89 bits per heavy atom. The van der Waals surface area contributed by atoms with Crippen LogP contribution in [0.4, 0.5) is 0 Å². The number of aryl methyl sites for hydroxylation is 1. The first kappa shape index (κ1) is 13.9. The first-order valence-corrected chi connectivity index (χ1v) is 6.86. The Morgan fingerprint density at radius 3 is 2.63 bits per heavy atom. The summed E-state index contributed by atoms with van der Waals surface area (Å²) in [7, 11) is 0. The minimum absolute atomic E-state index is 0.643. The van der Waals surface area contributed by atoms with Gasteiger partial charge in [-0.2, -0.15) is 0 Å². The number of hydrogen-bond acceptors (Lipinski definition) is 2. The maximum Gasteiger partial charge on any atom is 0.127 e. The molecule has 3 heteroatoms. The largest absolute Gasteiger partial charge is 0.457 e. The highest BCUT2D eigenvalue weighted by Crippen LogP contribution is 2.27.